The average molecular weight is 348 g/mol. The molecular weight excluding hydrogens is 335 g/mol. The molecule has 0 aromatic heterocycles. The van der Waals surface area contributed by atoms with Crippen molar-refractivity contribution in [3.05, 3.63) is 56.5 Å². The highest BCUT2D eigenvalue weighted by molar-refractivity contribution is 6.42. The van der Waals surface area contributed by atoms with E-state index < -0.39 is 6.10 Å². The van der Waals surface area contributed by atoms with Gasteiger partial charge in [-0.05, 0) is 18.2 Å². The maximum Gasteiger partial charge on any atom is 0.147 e. The van der Waals surface area contributed by atoms with E-state index in [4.69, 9.17) is 44.3 Å². The first-order valence-corrected chi connectivity index (χ1v) is 7.17. The Balaban J connectivity index is 2.56. The second-order valence-electron chi connectivity index (χ2n) is 4.25. The molecule has 0 spiro atoms. The number of aliphatic hydroxyl groups excluding tert-OH is 1. The summed E-state index contributed by atoms with van der Waals surface area (Å²) in [6.07, 6.45) is -1.02. The Hall–Kier alpha value is -1.13. The molecule has 3 nitrogen and oxygen atoms in total. The summed E-state index contributed by atoms with van der Waals surface area (Å²) in [6, 6.07) is 8.38. The first-order chi connectivity index (χ1) is 10.0. The largest absolute Gasteiger partial charge is 0.495 e. The van der Waals surface area contributed by atoms with E-state index in [1.54, 1.807) is 30.3 Å². The van der Waals surface area contributed by atoms with Gasteiger partial charge in [-0.2, -0.15) is 0 Å². The van der Waals surface area contributed by atoms with Crippen LogP contribution in [0.15, 0.2) is 30.3 Å². The van der Waals surface area contributed by atoms with Crippen molar-refractivity contribution in [1.82, 2.24) is 0 Å². The van der Waals surface area contributed by atoms with Crippen LogP contribution in [0, 0.1) is 0 Å². The highest BCUT2D eigenvalue weighted by Gasteiger charge is 2.22. The lowest BCUT2D eigenvalue weighted by atomic mass is 10.0. The van der Waals surface area contributed by atoms with Crippen LogP contribution in [0.3, 0.4) is 0 Å². The highest BCUT2D eigenvalue weighted by Crippen LogP contribution is 2.42. The molecular formula is C15H13Cl3O3. The summed E-state index contributed by atoms with van der Waals surface area (Å²) in [7, 11) is 2.97. The van der Waals surface area contributed by atoms with Gasteiger partial charge in [0.1, 0.15) is 22.6 Å². The SMILES string of the molecule is COc1ccc(C(O)c2cccc(Cl)c2Cl)c(OC)c1Cl. The predicted octanol–water partition coefficient (Wildman–Crippen LogP) is 4.75. The van der Waals surface area contributed by atoms with E-state index in [1.165, 1.54) is 14.2 Å². The highest BCUT2D eigenvalue weighted by atomic mass is 35.5. The van der Waals surface area contributed by atoms with Crippen molar-refractivity contribution in [2.75, 3.05) is 14.2 Å². The Kier molecular flexibility index (Phi) is 5.22. The maximum absolute atomic E-state index is 10.6. The van der Waals surface area contributed by atoms with Crippen molar-refractivity contribution in [3.63, 3.8) is 0 Å². The lowest BCUT2D eigenvalue weighted by Crippen LogP contribution is -2.04. The minimum atomic E-state index is -1.02. The van der Waals surface area contributed by atoms with Crippen LogP contribution in [-0.4, -0.2) is 19.3 Å². The van der Waals surface area contributed by atoms with Gasteiger partial charge in [0.05, 0.1) is 24.3 Å². The van der Waals surface area contributed by atoms with Crippen LogP contribution in [0.2, 0.25) is 15.1 Å². The fourth-order valence-electron chi connectivity index (χ4n) is 2.03. The standard InChI is InChI=1S/C15H13Cl3O3/c1-20-11-7-6-9(15(21-2)13(11)18)14(19)8-4-3-5-10(16)12(8)17/h3-7,14,19H,1-2H3. The summed E-state index contributed by atoms with van der Waals surface area (Å²) in [5.74, 6) is 0.793. The van der Waals surface area contributed by atoms with Gasteiger partial charge in [-0.3, -0.25) is 0 Å². The summed E-state index contributed by atoms with van der Waals surface area (Å²) in [4.78, 5) is 0. The van der Waals surface area contributed by atoms with E-state index >= 15 is 0 Å². The number of aliphatic hydroxyl groups is 1. The summed E-state index contributed by atoms with van der Waals surface area (Å²) >= 11 is 18.3. The van der Waals surface area contributed by atoms with Crippen molar-refractivity contribution in [1.29, 1.82) is 0 Å². The van der Waals surface area contributed by atoms with Gasteiger partial charge in [0.25, 0.3) is 0 Å². The summed E-state index contributed by atoms with van der Waals surface area (Å²) in [5.41, 5.74) is 0.955. The van der Waals surface area contributed by atoms with E-state index in [1.807, 2.05) is 0 Å². The Morgan fingerprint density at radius 2 is 1.62 bits per heavy atom. The molecule has 6 heteroatoms. The van der Waals surface area contributed by atoms with Gasteiger partial charge in [0.15, 0.2) is 0 Å². The van der Waals surface area contributed by atoms with Crippen molar-refractivity contribution < 1.29 is 14.6 Å². The smallest absolute Gasteiger partial charge is 0.147 e. The molecule has 2 aromatic carbocycles. The molecule has 112 valence electrons. The van der Waals surface area contributed by atoms with Crippen molar-refractivity contribution >= 4 is 34.8 Å². The summed E-state index contributed by atoms with van der Waals surface area (Å²) in [5, 5.41) is 11.5. The summed E-state index contributed by atoms with van der Waals surface area (Å²) in [6.45, 7) is 0. The molecule has 1 N–H and O–H groups in total. The summed E-state index contributed by atoms with van der Waals surface area (Å²) < 4.78 is 10.4. The molecule has 0 saturated carbocycles. The third kappa shape index (κ3) is 3.06. The maximum atomic E-state index is 10.6. The van der Waals surface area contributed by atoms with Crippen LogP contribution in [0.25, 0.3) is 0 Å². The topological polar surface area (TPSA) is 38.7 Å². The minimum Gasteiger partial charge on any atom is -0.495 e. The molecule has 1 atom stereocenters. The monoisotopic (exact) mass is 346 g/mol. The third-order valence-corrected chi connectivity index (χ3v) is 4.28. The quantitative estimate of drug-likeness (QED) is 0.867. The number of ether oxygens (including phenoxy) is 2. The fourth-order valence-corrected chi connectivity index (χ4v) is 2.77. The van der Waals surface area contributed by atoms with E-state index in [9.17, 15) is 5.11 Å². The molecule has 0 heterocycles. The van der Waals surface area contributed by atoms with Crippen LogP contribution < -0.4 is 9.47 Å². The molecule has 0 radical (unpaired) electrons. The number of hydrogen-bond acceptors (Lipinski definition) is 3. The van der Waals surface area contributed by atoms with Crippen LogP contribution in [0.5, 0.6) is 11.5 Å². The van der Waals surface area contributed by atoms with E-state index in [2.05, 4.69) is 0 Å². The number of halogens is 3. The van der Waals surface area contributed by atoms with E-state index in [0.717, 1.165) is 0 Å². The van der Waals surface area contributed by atoms with E-state index in [0.29, 0.717) is 32.7 Å². The van der Waals surface area contributed by atoms with Crippen LogP contribution in [-0.2, 0) is 0 Å². The van der Waals surface area contributed by atoms with Gasteiger partial charge < -0.3 is 14.6 Å². The van der Waals surface area contributed by atoms with Crippen LogP contribution in [0.1, 0.15) is 17.2 Å². The molecule has 0 saturated heterocycles. The van der Waals surface area contributed by atoms with Gasteiger partial charge >= 0.3 is 0 Å². The Labute approximate surface area is 138 Å². The molecule has 2 rings (SSSR count). The Morgan fingerprint density at radius 1 is 0.905 bits per heavy atom. The zero-order valence-electron chi connectivity index (χ0n) is 11.4. The van der Waals surface area contributed by atoms with Gasteiger partial charge in [0.2, 0.25) is 0 Å². The van der Waals surface area contributed by atoms with Gasteiger partial charge in [-0.1, -0.05) is 46.9 Å². The average Bonchev–Trinajstić information content (AvgIpc) is 2.49. The lowest BCUT2D eigenvalue weighted by molar-refractivity contribution is 0.214. The Morgan fingerprint density at radius 3 is 2.24 bits per heavy atom. The first kappa shape index (κ1) is 16.2. The van der Waals surface area contributed by atoms with Crippen LogP contribution in [0.4, 0.5) is 0 Å². The molecule has 0 fully saturated rings. The molecule has 2 aromatic rings. The van der Waals surface area contributed by atoms with E-state index in [-0.39, 0.29) is 5.02 Å². The third-order valence-electron chi connectivity index (χ3n) is 3.09. The van der Waals surface area contributed by atoms with Crippen molar-refractivity contribution in [2.45, 2.75) is 6.10 Å². The van der Waals surface area contributed by atoms with Crippen LogP contribution >= 0.6 is 34.8 Å². The lowest BCUT2D eigenvalue weighted by Gasteiger charge is -2.19. The second-order valence-corrected chi connectivity index (χ2v) is 5.41. The molecule has 21 heavy (non-hydrogen) atoms. The molecule has 0 aliphatic heterocycles. The van der Waals surface area contributed by atoms with Gasteiger partial charge in [-0.25, -0.2) is 0 Å². The molecule has 0 aliphatic carbocycles. The zero-order chi connectivity index (χ0) is 15.6. The molecule has 0 bridgehead atoms. The number of methoxy groups -OCH3 is 2. The normalized spacial score (nSPS) is 12.1. The minimum absolute atomic E-state index is 0.287. The predicted molar refractivity (Wildman–Crippen MR) is 85.1 cm³/mol. The molecule has 0 aliphatic rings. The molecule has 0 amide bonds. The first-order valence-electron chi connectivity index (χ1n) is 6.03. The number of rotatable bonds is 4. The van der Waals surface area contributed by atoms with Gasteiger partial charge in [-0.15, -0.1) is 0 Å². The van der Waals surface area contributed by atoms with Crippen molar-refractivity contribution in [2.24, 2.45) is 0 Å². The number of hydrogen-bond donors (Lipinski definition) is 1. The van der Waals surface area contributed by atoms with Crippen molar-refractivity contribution in [3.8, 4) is 11.5 Å². The second kappa shape index (κ2) is 6.75. The Bertz CT molecular complexity index is 659. The fraction of sp³-hybridized carbons (Fsp3) is 0.200. The van der Waals surface area contributed by atoms with Gasteiger partial charge in [0, 0.05) is 11.1 Å². The molecule has 1 unspecified atom stereocenters. The zero-order valence-corrected chi connectivity index (χ0v) is 13.6. The number of benzene rings is 2.